The molecular weight excluding hydrogens is 518 g/mol. The van der Waals surface area contributed by atoms with Crippen LogP contribution in [0.1, 0.15) is 48.7 Å². The number of allylic oxidation sites excluding steroid dienone is 1. The van der Waals surface area contributed by atoms with Gasteiger partial charge in [0.15, 0.2) is 11.4 Å². The van der Waals surface area contributed by atoms with E-state index in [9.17, 15) is 34.8 Å². The Kier molecular flexibility index (Phi) is 7.32. The Morgan fingerprint density at radius 3 is 2.33 bits per heavy atom. The van der Waals surface area contributed by atoms with Crippen LogP contribution in [0, 0.1) is 17.3 Å². The van der Waals surface area contributed by atoms with Crippen LogP contribution in [0.5, 0.6) is 11.5 Å². The number of rotatable bonds is 6. The second kappa shape index (κ2) is 9.90. The fourth-order valence-electron chi connectivity index (χ4n) is 6.89. The van der Waals surface area contributed by atoms with Gasteiger partial charge in [-0.3, -0.25) is 19.3 Å². The van der Waals surface area contributed by atoms with Crippen molar-refractivity contribution in [2.75, 3.05) is 34.8 Å². The van der Waals surface area contributed by atoms with Gasteiger partial charge in [0.25, 0.3) is 5.91 Å². The highest BCUT2D eigenvalue weighted by Crippen LogP contribution is 2.53. The van der Waals surface area contributed by atoms with Crippen LogP contribution in [0.25, 0.3) is 0 Å². The Bertz CT molecular complexity index is 1360. The Morgan fingerprint density at radius 1 is 1.18 bits per heavy atom. The monoisotopic (exact) mass is 557 g/mol. The third kappa shape index (κ3) is 4.46. The number of hydrogen-bond donors (Lipinski definition) is 5. The molecule has 0 saturated carbocycles. The third-order valence-corrected chi connectivity index (χ3v) is 8.14. The zero-order valence-electron chi connectivity index (χ0n) is 24.0. The van der Waals surface area contributed by atoms with Crippen LogP contribution in [0.2, 0.25) is 0 Å². The van der Waals surface area contributed by atoms with Gasteiger partial charge in [-0.1, -0.05) is 20.8 Å². The highest BCUT2D eigenvalue weighted by Gasteiger charge is 2.63. The zero-order valence-corrected chi connectivity index (χ0v) is 24.0. The van der Waals surface area contributed by atoms with E-state index in [4.69, 9.17) is 10.5 Å². The van der Waals surface area contributed by atoms with E-state index in [-0.39, 0.29) is 35.1 Å². The smallest absolute Gasteiger partial charge is 0.255 e. The molecule has 1 aromatic rings. The molecule has 1 amide bonds. The molecule has 0 heterocycles. The number of ketones is 2. The van der Waals surface area contributed by atoms with Crippen LogP contribution in [0.3, 0.4) is 0 Å². The average molecular weight is 558 g/mol. The number of primary amides is 1. The van der Waals surface area contributed by atoms with E-state index in [0.29, 0.717) is 23.4 Å². The molecule has 0 bridgehead atoms. The fraction of sp³-hybridized carbons (Fsp3) is 0.552. The average Bonchev–Trinajstić information content (AvgIpc) is 2.79. The molecule has 6 N–H and O–H groups in total. The Balaban J connectivity index is 1.87. The summed E-state index contributed by atoms with van der Waals surface area (Å²) in [6.07, 6.45) is 0.186. The maximum atomic E-state index is 13.9. The van der Waals surface area contributed by atoms with Crippen LogP contribution in [-0.4, -0.2) is 94.1 Å². The zero-order chi connectivity index (χ0) is 30.1. The Morgan fingerprint density at radius 2 is 1.80 bits per heavy atom. The van der Waals surface area contributed by atoms with Gasteiger partial charge in [0.1, 0.15) is 28.6 Å². The van der Waals surface area contributed by atoms with Crippen LogP contribution in [0.15, 0.2) is 28.7 Å². The molecule has 218 valence electrons. The maximum Gasteiger partial charge on any atom is 0.255 e. The number of aliphatic hydroxyl groups excluding tert-OH is 2. The summed E-state index contributed by atoms with van der Waals surface area (Å²) in [7, 11) is 6.63. The minimum Gasteiger partial charge on any atom is -0.510 e. The predicted octanol–water partition coefficient (Wildman–Crippen LogP) is 1.61. The van der Waals surface area contributed by atoms with Crippen molar-refractivity contribution >= 4 is 17.5 Å². The quantitative estimate of drug-likeness (QED) is 0.323. The van der Waals surface area contributed by atoms with Gasteiger partial charge in [-0.05, 0) is 51.4 Å². The molecule has 0 fully saturated rings. The molecule has 11 nitrogen and oxygen atoms in total. The van der Waals surface area contributed by atoms with Crippen molar-refractivity contribution in [2.24, 2.45) is 23.0 Å². The van der Waals surface area contributed by atoms with E-state index < -0.39 is 58.0 Å². The summed E-state index contributed by atoms with van der Waals surface area (Å²) in [6.45, 7) is 7.56. The molecular formula is C29H39N3O8. The number of carbonyl (C=O) groups is 3. The van der Waals surface area contributed by atoms with Crippen molar-refractivity contribution in [3.05, 3.63) is 45.4 Å². The molecule has 0 radical (unpaired) electrons. The molecule has 0 saturated heterocycles. The van der Waals surface area contributed by atoms with E-state index in [1.165, 1.54) is 18.1 Å². The topological polar surface area (TPSA) is 174 Å². The van der Waals surface area contributed by atoms with Gasteiger partial charge in [-0.2, -0.15) is 0 Å². The molecule has 11 heteroatoms. The van der Waals surface area contributed by atoms with Gasteiger partial charge in [-0.15, -0.1) is 0 Å². The molecule has 1 aromatic carbocycles. The number of aliphatic hydroxyl groups is 3. The lowest BCUT2D eigenvalue weighted by molar-refractivity contribution is -0.148. The summed E-state index contributed by atoms with van der Waals surface area (Å²) in [5.74, 6) is -6.35. The van der Waals surface area contributed by atoms with E-state index in [0.717, 1.165) is 6.54 Å². The van der Waals surface area contributed by atoms with Gasteiger partial charge in [-0.25, -0.2) is 0 Å². The van der Waals surface area contributed by atoms with Gasteiger partial charge < -0.3 is 35.8 Å². The Labute approximate surface area is 233 Å². The Hall–Kier alpha value is -3.41. The second-order valence-corrected chi connectivity index (χ2v) is 12.6. The SMILES string of the molecule is COc1c(CN(C)CC(C)(C)C)cc(O)c2c1C[C@H]1C[C@H]3[C@H](N(C)C)C(O)=C(C(N)=O)C(=O)[C@@]3(O)C(O)=C1C2=O. The lowest BCUT2D eigenvalue weighted by Gasteiger charge is -2.50. The normalized spacial score (nSPS) is 26.7. The summed E-state index contributed by atoms with van der Waals surface area (Å²) < 4.78 is 5.77. The number of phenols is 1. The lowest BCUT2D eigenvalue weighted by Crippen LogP contribution is -2.63. The van der Waals surface area contributed by atoms with Gasteiger partial charge in [0.05, 0.1) is 18.7 Å². The molecule has 0 unspecified atom stereocenters. The molecule has 40 heavy (non-hydrogen) atoms. The molecule has 4 atom stereocenters. The second-order valence-electron chi connectivity index (χ2n) is 12.6. The summed E-state index contributed by atoms with van der Waals surface area (Å²) in [5, 5.41) is 45.0. The molecule has 3 aliphatic carbocycles. The number of phenolic OH excluding ortho intramolecular Hbond substituents is 1. The van der Waals surface area contributed by atoms with E-state index in [2.05, 4.69) is 25.7 Å². The number of aromatic hydroxyl groups is 1. The van der Waals surface area contributed by atoms with Crippen LogP contribution < -0.4 is 10.5 Å². The number of nitrogens with zero attached hydrogens (tertiary/aromatic N) is 2. The van der Waals surface area contributed by atoms with Gasteiger partial charge >= 0.3 is 0 Å². The van der Waals surface area contributed by atoms with Crippen molar-refractivity contribution in [3.8, 4) is 11.5 Å². The highest BCUT2D eigenvalue weighted by atomic mass is 16.5. The standard InChI is InChI=1S/C29H39N3O8/c1-28(2,3)12-32(6)11-14-10-17(33)19-15(24(14)40-7)8-13-9-16-21(31(4)5)23(35)20(27(30)38)26(37)29(16,39)25(36)18(13)22(19)34/h10,13,16,21,33,35-36,39H,8-9,11-12H2,1-7H3,(H2,30,38)/t13-,16-,21-,29-/m0/s1. The van der Waals surface area contributed by atoms with Gasteiger partial charge in [0, 0.05) is 35.7 Å². The van der Waals surface area contributed by atoms with E-state index in [1.807, 2.05) is 7.05 Å². The van der Waals surface area contributed by atoms with Gasteiger partial charge in [0.2, 0.25) is 5.78 Å². The number of likely N-dealkylation sites (N-methyl/N-ethyl adjacent to an activating group) is 1. The molecule has 0 aromatic heterocycles. The fourth-order valence-corrected chi connectivity index (χ4v) is 6.89. The summed E-state index contributed by atoms with van der Waals surface area (Å²) >= 11 is 0. The number of amides is 1. The van der Waals surface area contributed by atoms with Crippen molar-refractivity contribution in [1.29, 1.82) is 0 Å². The number of Topliss-reactive ketones (excluding diaryl/α,β-unsaturated/α-hetero) is 2. The van der Waals surface area contributed by atoms with Crippen molar-refractivity contribution in [1.82, 2.24) is 9.80 Å². The van der Waals surface area contributed by atoms with Crippen molar-refractivity contribution < 1.29 is 39.5 Å². The first kappa shape index (κ1) is 29.6. The highest BCUT2D eigenvalue weighted by molar-refractivity contribution is 6.24. The summed E-state index contributed by atoms with van der Waals surface area (Å²) in [4.78, 5) is 43.0. The van der Waals surface area contributed by atoms with Crippen molar-refractivity contribution in [2.45, 2.75) is 51.8 Å². The number of carbonyl (C=O) groups excluding carboxylic acids is 3. The van der Waals surface area contributed by atoms with E-state index in [1.54, 1.807) is 14.1 Å². The molecule has 0 aliphatic heterocycles. The minimum atomic E-state index is -2.67. The predicted molar refractivity (Wildman–Crippen MR) is 146 cm³/mol. The largest absolute Gasteiger partial charge is 0.510 e. The van der Waals surface area contributed by atoms with Crippen LogP contribution in [0.4, 0.5) is 0 Å². The number of methoxy groups -OCH3 is 1. The number of benzene rings is 1. The molecule has 4 rings (SSSR count). The first-order chi connectivity index (χ1) is 18.4. The maximum absolute atomic E-state index is 13.9. The molecule has 3 aliphatic rings. The van der Waals surface area contributed by atoms with Crippen LogP contribution in [-0.2, 0) is 22.6 Å². The number of hydrogen-bond acceptors (Lipinski definition) is 10. The lowest BCUT2D eigenvalue weighted by atomic mass is 9.58. The van der Waals surface area contributed by atoms with E-state index >= 15 is 0 Å². The number of nitrogens with two attached hydrogens (primary N) is 1. The minimum absolute atomic E-state index is 0.0177. The third-order valence-electron chi connectivity index (χ3n) is 8.14. The number of ether oxygens (including phenoxy) is 1. The first-order valence-corrected chi connectivity index (χ1v) is 13.2. The van der Waals surface area contributed by atoms with Crippen LogP contribution >= 0.6 is 0 Å². The first-order valence-electron chi connectivity index (χ1n) is 13.2. The summed E-state index contributed by atoms with van der Waals surface area (Å²) in [6, 6.07) is 0.422. The molecule has 0 spiro atoms. The summed E-state index contributed by atoms with van der Waals surface area (Å²) in [5.41, 5.74) is 2.79. The van der Waals surface area contributed by atoms with Crippen molar-refractivity contribution in [3.63, 3.8) is 0 Å². The number of fused-ring (bicyclic) bond motifs is 3.